The van der Waals surface area contributed by atoms with Crippen LogP contribution in [0.1, 0.15) is 31.0 Å². The Kier molecular flexibility index (Phi) is 3.84. The molecule has 0 bridgehead atoms. The van der Waals surface area contributed by atoms with Gasteiger partial charge < -0.3 is 14.7 Å². The first kappa shape index (κ1) is 14.8. The lowest BCUT2D eigenvalue weighted by Crippen LogP contribution is -2.52. The molecule has 0 aliphatic carbocycles. The van der Waals surface area contributed by atoms with Crippen LogP contribution in [0.3, 0.4) is 0 Å². The van der Waals surface area contributed by atoms with Crippen LogP contribution in [0, 0.1) is 22.8 Å². The zero-order valence-corrected chi connectivity index (χ0v) is 12.1. The molecule has 1 N–H and O–H groups in total. The summed E-state index contributed by atoms with van der Waals surface area (Å²) in [4.78, 5) is 5.19. The van der Waals surface area contributed by atoms with E-state index in [1.165, 1.54) is 6.34 Å². The third kappa shape index (κ3) is 2.67. The van der Waals surface area contributed by atoms with Gasteiger partial charge in [-0.25, -0.2) is 0 Å². The number of ether oxygens (including phenoxy) is 1. The lowest BCUT2D eigenvalue weighted by atomic mass is 9.85. The second kappa shape index (κ2) is 5.43. The first-order chi connectivity index (χ1) is 9.90. The number of nitrogens with zero attached hydrogens (tertiary/aromatic N) is 4. The highest BCUT2D eigenvalue weighted by Gasteiger charge is 2.44. The Bertz CT molecular complexity index is 655. The maximum atomic E-state index is 10.6. The van der Waals surface area contributed by atoms with Gasteiger partial charge in [-0.15, -0.1) is 0 Å². The molecule has 1 aliphatic rings. The van der Waals surface area contributed by atoms with Crippen LogP contribution in [0.5, 0.6) is 5.75 Å². The molecule has 2 rings (SSSR count). The van der Waals surface area contributed by atoms with E-state index >= 15 is 0 Å². The maximum Gasteiger partial charge on any atom is 0.207 e. The molecule has 0 saturated carbocycles. The van der Waals surface area contributed by atoms with Gasteiger partial charge in [-0.3, -0.25) is 0 Å². The van der Waals surface area contributed by atoms with Gasteiger partial charge >= 0.3 is 0 Å². The first-order valence-corrected chi connectivity index (χ1v) is 6.46. The standard InChI is InChI=1S/C15H16N4O2/c1-15(2)14(20)13(19(3)9-18-8-17)11-6-10(7-16)4-5-12(11)21-15/h4-6,9,13-14,20H,1-3H3/t13-,14+/m1/s1. The molecule has 6 heteroatoms. The Labute approximate surface area is 123 Å². The minimum atomic E-state index is -0.839. The summed E-state index contributed by atoms with van der Waals surface area (Å²) in [7, 11) is 1.72. The maximum absolute atomic E-state index is 10.6. The molecule has 21 heavy (non-hydrogen) atoms. The van der Waals surface area contributed by atoms with Crippen molar-refractivity contribution in [2.24, 2.45) is 4.99 Å². The Balaban J connectivity index is 2.54. The number of hydrogen-bond donors (Lipinski definition) is 1. The van der Waals surface area contributed by atoms with E-state index in [1.807, 2.05) is 0 Å². The third-order valence-corrected chi connectivity index (χ3v) is 3.58. The minimum Gasteiger partial charge on any atom is -0.485 e. The van der Waals surface area contributed by atoms with Crippen LogP contribution in [0.4, 0.5) is 0 Å². The van der Waals surface area contributed by atoms with E-state index in [0.29, 0.717) is 16.9 Å². The van der Waals surface area contributed by atoms with Gasteiger partial charge in [-0.05, 0) is 32.0 Å². The monoisotopic (exact) mass is 284 g/mol. The van der Waals surface area contributed by atoms with Crippen molar-refractivity contribution in [3.8, 4) is 18.0 Å². The molecule has 0 saturated heterocycles. The summed E-state index contributed by atoms with van der Waals surface area (Å²) >= 11 is 0. The molecule has 0 aromatic heterocycles. The smallest absolute Gasteiger partial charge is 0.207 e. The molecule has 0 spiro atoms. The summed E-state index contributed by atoms with van der Waals surface area (Å²) in [6.07, 6.45) is 2.20. The fourth-order valence-corrected chi connectivity index (χ4v) is 2.47. The van der Waals surface area contributed by atoms with Crippen LogP contribution >= 0.6 is 0 Å². The molecule has 1 aromatic carbocycles. The molecule has 1 aromatic rings. The number of nitriles is 2. The van der Waals surface area contributed by atoms with Crippen molar-refractivity contribution in [1.82, 2.24) is 4.90 Å². The molecular formula is C15H16N4O2. The highest BCUT2D eigenvalue weighted by Crippen LogP contribution is 2.42. The highest BCUT2D eigenvalue weighted by atomic mass is 16.5. The van der Waals surface area contributed by atoms with Crippen LogP contribution in [0.25, 0.3) is 0 Å². The zero-order chi connectivity index (χ0) is 15.6. The molecule has 0 amide bonds. The van der Waals surface area contributed by atoms with Gasteiger partial charge in [0.15, 0.2) is 0 Å². The second-order valence-corrected chi connectivity index (χ2v) is 5.47. The van der Waals surface area contributed by atoms with Crippen molar-refractivity contribution in [2.75, 3.05) is 7.05 Å². The summed E-state index contributed by atoms with van der Waals surface area (Å²) in [5, 5.41) is 28.2. The van der Waals surface area contributed by atoms with E-state index in [0.717, 1.165) is 0 Å². The average Bonchev–Trinajstić information content (AvgIpc) is 2.45. The zero-order valence-electron chi connectivity index (χ0n) is 12.1. The van der Waals surface area contributed by atoms with E-state index < -0.39 is 17.7 Å². The molecule has 0 fully saturated rings. The largest absolute Gasteiger partial charge is 0.485 e. The summed E-state index contributed by atoms with van der Waals surface area (Å²) in [5.41, 5.74) is 0.397. The number of fused-ring (bicyclic) bond motifs is 1. The van der Waals surface area contributed by atoms with Crippen LogP contribution in [0.15, 0.2) is 23.2 Å². The van der Waals surface area contributed by atoms with Gasteiger partial charge in [0.05, 0.1) is 17.7 Å². The van der Waals surface area contributed by atoms with Gasteiger partial charge in [-0.2, -0.15) is 15.5 Å². The van der Waals surface area contributed by atoms with Crippen molar-refractivity contribution in [3.63, 3.8) is 0 Å². The Morgan fingerprint density at radius 3 is 2.76 bits per heavy atom. The number of rotatable bonds is 2. The van der Waals surface area contributed by atoms with Crippen molar-refractivity contribution in [1.29, 1.82) is 10.5 Å². The Morgan fingerprint density at radius 2 is 2.14 bits per heavy atom. The Morgan fingerprint density at radius 1 is 1.43 bits per heavy atom. The van der Waals surface area contributed by atoms with Gasteiger partial charge in [0, 0.05) is 12.6 Å². The molecule has 1 heterocycles. The predicted molar refractivity (Wildman–Crippen MR) is 76.5 cm³/mol. The van der Waals surface area contributed by atoms with E-state index in [1.54, 1.807) is 50.2 Å². The lowest BCUT2D eigenvalue weighted by Gasteiger charge is -2.44. The minimum absolute atomic E-state index is 0.450. The third-order valence-electron chi connectivity index (χ3n) is 3.58. The number of likely N-dealkylation sites (N-methyl/N-ethyl adjacent to an activating group) is 1. The topological polar surface area (TPSA) is 92.6 Å². The van der Waals surface area contributed by atoms with Crippen LogP contribution < -0.4 is 4.74 Å². The number of hydrogen-bond acceptors (Lipinski definition) is 5. The van der Waals surface area contributed by atoms with E-state index in [4.69, 9.17) is 15.3 Å². The second-order valence-electron chi connectivity index (χ2n) is 5.47. The van der Waals surface area contributed by atoms with Crippen LogP contribution in [-0.2, 0) is 0 Å². The molecule has 2 atom stereocenters. The normalized spacial score (nSPS) is 22.8. The molecule has 108 valence electrons. The fourth-order valence-electron chi connectivity index (χ4n) is 2.47. The molecule has 1 aliphatic heterocycles. The predicted octanol–water partition coefficient (Wildman–Crippen LogP) is 1.57. The number of benzene rings is 1. The van der Waals surface area contributed by atoms with Crippen molar-refractivity contribution < 1.29 is 9.84 Å². The van der Waals surface area contributed by atoms with E-state index in [9.17, 15) is 5.11 Å². The molecule has 0 unspecified atom stereocenters. The van der Waals surface area contributed by atoms with Gasteiger partial charge in [0.25, 0.3) is 0 Å². The average molecular weight is 284 g/mol. The van der Waals surface area contributed by atoms with Crippen molar-refractivity contribution in [3.05, 3.63) is 29.3 Å². The van der Waals surface area contributed by atoms with Crippen LogP contribution in [0.2, 0.25) is 0 Å². The SMILES string of the molecule is CN(C=NC#N)[C@@H]1c2cc(C#N)ccc2OC(C)(C)[C@H]1O. The van der Waals surface area contributed by atoms with Crippen LogP contribution in [-0.4, -0.2) is 35.1 Å². The number of aliphatic hydroxyl groups excluding tert-OH is 1. The molecular weight excluding hydrogens is 268 g/mol. The summed E-state index contributed by atoms with van der Waals surface area (Å²) < 4.78 is 5.82. The van der Waals surface area contributed by atoms with Crippen molar-refractivity contribution in [2.45, 2.75) is 31.6 Å². The fraction of sp³-hybridized carbons (Fsp3) is 0.400. The highest BCUT2D eigenvalue weighted by molar-refractivity contribution is 5.59. The summed E-state index contributed by atoms with van der Waals surface area (Å²) in [6, 6.07) is 6.71. The van der Waals surface area contributed by atoms with Crippen molar-refractivity contribution >= 4 is 6.34 Å². The molecule has 0 radical (unpaired) electrons. The van der Waals surface area contributed by atoms with Gasteiger partial charge in [0.1, 0.15) is 23.8 Å². The summed E-state index contributed by atoms with van der Waals surface area (Å²) in [5.74, 6) is 0.617. The molecule has 6 nitrogen and oxygen atoms in total. The first-order valence-electron chi connectivity index (χ1n) is 6.46. The number of aliphatic hydroxyl groups is 1. The van der Waals surface area contributed by atoms with E-state index in [-0.39, 0.29) is 0 Å². The van der Waals surface area contributed by atoms with Gasteiger partial charge in [0.2, 0.25) is 6.19 Å². The number of aliphatic imine (C=N–C) groups is 1. The Hall–Kier alpha value is -2.57. The quantitative estimate of drug-likeness (QED) is 0.505. The summed E-state index contributed by atoms with van der Waals surface area (Å²) in [6.45, 7) is 3.59. The van der Waals surface area contributed by atoms with Gasteiger partial charge in [-0.1, -0.05) is 0 Å². The lowest BCUT2D eigenvalue weighted by molar-refractivity contribution is -0.0777. The van der Waals surface area contributed by atoms with E-state index in [2.05, 4.69) is 11.1 Å².